The summed E-state index contributed by atoms with van der Waals surface area (Å²) in [5.41, 5.74) is -0.962. The molecule has 0 aliphatic carbocycles. The van der Waals surface area contributed by atoms with Gasteiger partial charge < -0.3 is 5.32 Å². The van der Waals surface area contributed by atoms with Crippen molar-refractivity contribution in [1.82, 2.24) is 9.62 Å². The molecular weight excluding hydrogens is 293 g/mol. The molecule has 1 saturated heterocycles. The molecule has 1 aromatic carbocycles. The molecule has 0 bridgehead atoms. The zero-order chi connectivity index (χ0) is 15.0. The molecule has 1 aliphatic heterocycles. The number of halogens is 3. The van der Waals surface area contributed by atoms with Crippen LogP contribution in [-0.2, 0) is 16.2 Å². The SMILES string of the molecule is CN(C1CCNC1)S(=O)(=O)c1cccc(C(F)(F)F)c1. The first kappa shape index (κ1) is 15.3. The second kappa shape index (κ2) is 5.34. The molecule has 0 aromatic heterocycles. The predicted molar refractivity (Wildman–Crippen MR) is 67.7 cm³/mol. The van der Waals surface area contributed by atoms with Crippen molar-refractivity contribution in [2.75, 3.05) is 20.1 Å². The number of nitrogens with one attached hydrogen (secondary N) is 1. The number of hydrogen-bond acceptors (Lipinski definition) is 3. The smallest absolute Gasteiger partial charge is 0.315 e. The number of sulfonamides is 1. The summed E-state index contributed by atoms with van der Waals surface area (Å²) in [6.07, 6.45) is -3.91. The molecule has 112 valence electrons. The quantitative estimate of drug-likeness (QED) is 0.924. The summed E-state index contributed by atoms with van der Waals surface area (Å²) in [7, 11) is -2.52. The molecule has 1 unspecified atom stereocenters. The van der Waals surface area contributed by atoms with E-state index in [0.29, 0.717) is 25.6 Å². The summed E-state index contributed by atoms with van der Waals surface area (Å²) in [5, 5.41) is 3.03. The molecule has 2 rings (SSSR count). The van der Waals surface area contributed by atoms with Gasteiger partial charge in [-0.05, 0) is 31.2 Å². The highest BCUT2D eigenvalue weighted by Gasteiger charge is 2.34. The first-order chi connectivity index (χ1) is 9.23. The number of alkyl halides is 3. The van der Waals surface area contributed by atoms with Gasteiger partial charge in [0, 0.05) is 19.6 Å². The van der Waals surface area contributed by atoms with E-state index < -0.39 is 21.8 Å². The monoisotopic (exact) mass is 308 g/mol. The molecule has 8 heteroatoms. The van der Waals surface area contributed by atoms with Crippen LogP contribution in [0, 0.1) is 0 Å². The largest absolute Gasteiger partial charge is 0.416 e. The Labute approximate surface area is 115 Å². The van der Waals surface area contributed by atoms with Crippen LogP contribution in [-0.4, -0.2) is 38.9 Å². The van der Waals surface area contributed by atoms with Gasteiger partial charge in [0.15, 0.2) is 0 Å². The van der Waals surface area contributed by atoms with Crippen molar-refractivity contribution in [2.45, 2.75) is 23.5 Å². The first-order valence-corrected chi connectivity index (χ1v) is 7.53. The highest BCUT2D eigenvalue weighted by Crippen LogP contribution is 2.31. The topological polar surface area (TPSA) is 49.4 Å². The van der Waals surface area contributed by atoms with Gasteiger partial charge in [0.25, 0.3) is 0 Å². The van der Waals surface area contributed by atoms with Crippen LogP contribution < -0.4 is 5.32 Å². The zero-order valence-corrected chi connectivity index (χ0v) is 11.6. The minimum atomic E-state index is -4.56. The summed E-state index contributed by atoms with van der Waals surface area (Å²) >= 11 is 0. The van der Waals surface area contributed by atoms with Crippen LogP contribution >= 0.6 is 0 Å². The average Bonchev–Trinajstić information content (AvgIpc) is 2.90. The molecule has 1 atom stereocenters. The van der Waals surface area contributed by atoms with E-state index in [-0.39, 0.29) is 10.9 Å². The molecule has 0 radical (unpaired) electrons. The van der Waals surface area contributed by atoms with E-state index in [1.807, 2.05) is 0 Å². The van der Waals surface area contributed by atoms with E-state index in [0.717, 1.165) is 16.4 Å². The van der Waals surface area contributed by atoms with Crippen molar-refractivity contribution >= 4 is 10.0 Å². The van der Waals surface area contributed by atoms with Crippen molar-refractivity contribution in [1.29, 1.82) is 0 Å². The third-order valence-corrected chi connectivity index (χ3v) is 5.29. The van der Waals surface area contributed by atoms with Crippen LogP contribution in [0.15, 0.2) is 29.2 Å². The van der Waals surface area contributed by atoms with Crippen LogP contribution in [0.2, 0.25) is 0 Å². The Morgan fingerprint density at radius 3 is 2.60 bits per heavy atom. The van der Waals surface area contributed by atoms with Crippen molar-refractivity contribution in [3.63, 3.8) is 0 Å². The van der Waals surface area contributed by atoms with Crippen molar-refractivity contribution in [2.24, 2.45) is 0 Å². The van der Waals surface area contributed by atoms with E-state index in [1.165, 1.54) is 13.1 Å². The maximum Gasteiger partial charge on any atom is 0.416 e. The van der Waals surface area contributed by atoms with Crippen LogP contribution in [0.1, 0.15) is 12.0 Å². The summed E-state index contributed by atoms with van der Waals surface area (Å²) in [6.45, 7) is 1.21. The molecule has 20 heavy (non-hydrogen) atoms. The fraction of sp³-hybridized carbons (Fsp3) is 0.500. The third kappa shape index (κ3) is 2.97. The highest BCUT2D eigenvalue weighted by molar-refractivity contribution is 7.89. The Kier molecular flexibility index (Phi) is 4.08. The Balaban J connectivity index is 2.34. The first-order valence-electron chi connectivity index (χ1n) is 6.09. The summed E-state index contributed by atoms with van der Waals surface area (Å²) in [5.74, 6) is 0. The van der Waals surface area contributed by atoms with Crippen molar-refractivity contribution < 1.29 is 21.6 Å². The Morgan fingerprint density at radius 1 is 1.35 bits per heavy atom. The molecule has 1 heterocycles. The second-order valence-electron chi connectivity index (χ2n) is 4.69. The lowest BCUT2D eigenvalue weighted by Gasteiger charge is -2.23. The van der Waals surface area contributed by atoms with E-state index >= 15 is 0 Å². The van der Waals surface area contributed by atoms with Gasteiger partial charge in [0.2, 0.25) is 10.0 Å². The van der Waals surface area contributed by atoms with E-state index in [1.54, 1.807) is 0 Å². The van der Waals surface area contributed by atoms with Crippen LogP contribution in [0.4, 0.5) is 13.2 Å². The number of rotatable bonds is 3. The maximum atomic E-state index is 12.6. The van der Waals surface area contributed by atoms with Crippen LogP contribution in [0.5, 0.6) is 0 Å². The van der Waals surface area contributed by atoms with Gasteiger partial charge in [0.1, 0.15) is 0 Å². The van der Waals surface area contributed by atoms with Gasteiger partial charge in [-0.2, -0.15) is 17.5 Å². The van der Waals surface area contributed by atoms with E-state index in [2.05, 4.69) is 5.32 Å². The predicted octanol–water partition coefficient (Wildman–Crippen LogP) is 1.69. The van der Waals surface area contributed by atoms with Crippen molar-refractivity contribution in [3.05, 3.63) is 29.8 Å². The molecule has 1 aliphatic rings. The summed E-state index contributed by atoms with van der Waals surface area (Å²) in [6, 6.07) is 3.60. The second-order valence-corrected chi connectivity index (χ2v) is 6.69. The standard InChI is InChI=1S/C12H15F3N2O2S/c1-17(10-5-6-16-8-10)20(18,19)11-4-2-3-9(7-11)12(13,14)15/h2-4,7,10,16H,5-6,8H2,1H3. The minimum Gasteiger partial charge on any atom is -0.315 e. The van der Waals surface area contributed by atoms with Gasteiger partial charge >= 0.3 is 6.18 Å². The number of benzene rings is 1. The fourth-order valence-electron chi connectivity index (χ4n) is 2.15. The zero-order valence-electron chi connectivity index (χ0n) is 10.8. The lowest BCUT2D eigenvalue weighted by Crippen LogP contribution is -2.38. The van der Waals surface area contributed by atoms with Crippen LogP contribution in [0.3, 0.4) is 0 Å². The van der Waals surface area contributed by atoms with Gasteiger partial charge in [-0.25, -0.2) is 8.42 Å². The number of nitrogens with zero attached hydrogens (tertiary/aromatic N) is 1. The maximum absolute atomic E-state index is 12.6. The average molecular weight is 308 g/mol. The lowest BCUT2D eigenvalue weighted by molar-refractivity contribution is -0.137. The fourth-order valence-corrected chi connectivity index (χ4v) is 3.58. The Hall–Kier alpha value is -1.12. The molecule has 1 N–H and O–H groups in total. The molecule has 0 saturated carbocycles. The third-order valence-electron chi connectivity index (χ3n) is 3.39. The highest BCUT2D eigenvalue weighted by atomic mass is 32.2. The van der Waals surface area contributed by atoms with Gasteiger partial charge in [0.05, 0.1) is 10.5 Å². The molecular formula is C12H15F3N2O2S. The lowest BCUT2D eigenvalue weighted by atomic mass is 10.2. The van der Waals surface area contributed by atoms with E-state index in [9.17, 15) is 21.6 Å². The van der Waals surface area contributed by atoms with Gasteiger partial charge in [-0.1, -0.05) is 6.07 Å². The minimum absolute atomic E-state index is 0.227. The molecule has 1 aromatic rings. The number of hydrogen-bond donors (Lipinski definition) is 1. The molecule has 0 amide bonds. The Morgan fingerprint density at radius 2 is 2.05 bits per heavy atom. The normalized spacial score (nSPS) is 20.6. The van der Waals surface area contributed by atoms with Crippen molar-refractivity contribution in [3.8, 4) is 0 Å². The Bertz CT molecular complexity index is 581. The van der Waals surface area contributed by atoms with Gasteiger partial charge in [-0.3, -0.25) is 0 Å². The molecule has 0 spiro atoms. The van der Waals surface area contributed by atoms with E-state index in [4.69, 9.17) is 0 Å². The molecule has 1 fully saturated rings. The molecule has 4 nitrogen and oxygen atoms in total. The van der Waals surface area contributed by atoms with Crippen LogP contribution in [0.25, 0.3) is 0 Å². The summed E-state index contributed by atoms with van der Waals surface area (Å²) in [4.78, 5) is -0.332. The van der Waals surface area contributed by atoms with Gasteiger partial charge in [-0.15, -0.1) is 0 Å². The number of likely N-dealkylation sites (N-methyl/N-ethyl adjacent to an activating group) is 1. The summed E-state index contributed by atoms with van der Waals surface area (Å²) < 4.78 is 63.7.